The summed E-state index contributed by atoms with van der Waals surface area (Å²) in [6.07, 6.45) is 8.92. The van der Waals surface area contributed by atoms with Crippen molar-refractivity contribution in [2.45, 2.75) is 31.3 Å². The van der Waals surface area contributed by atoms with Crippen molar-refractivity contribution in [3.63, 3.8) is 0 Å². The number of ether oxygens (including phenoxy) is 1. The summed E-state index contributed by atoms with van der Waals surface area (Å²) in [6, 6.07) is 7.68. The Hall–Kier alpha value is -3.72. The molecule has 3 aromatic rings. The van der Waals surface area contributed by atoms with Gasteiger partial charge in [-0.2, -0.15) is 5.10 Å². The number of hydrogen-bond donors (Lipinski definition) is 4. The van der Waals surface area contributed by atoms with Crippen molar-refractivity contribution in [1.29, 1.82) is 0 Å². The number of rotatable bonds is 3. The lowest BCUT2D eigenvalue weighted by atomic mass is 10.0. The average Bonchev–Trinajstić information content (AvgIpc) is 3.24. The summed E-state index contributed by atoms with van der Waals surface area (Å²) in [7, 11) is 1.57. The van der Waals surface area contributed by atoms with Crippen LogP contribution in [-0.2, 0) is 0 Å². The smallest absolute Gasteiger partial charge is 0.271 e. The zero-order valence-corrected chi connectivity index (χ0v) is 20.0. The van der Waals surface area contributed by atoms with Crippen molar-refractivity contribution >= 4 is 40.4 Å². The van der Waals surface area contributed by atoms with Crippen LogP contribution in [0.1, 0.15) is 35.8 Å². The molecule has 4 N–H and O–H groups in total. The summed E-state index contributed by atoms with van der Waals surface area (Å²) in [4.78, 5) is 17.7. The van der Waals surface area contributed by atoms with Gasteiger partial charge in [-0.15, -0.1) is 0 Å². The van der Waals surface area contributed by atoms with E-state index in [9.17, 15) is 4.79 Å². The minimum atomic E-state index is -0.175. The highest BCUT2D eigenvalue weighted by Crippen LogP contribution is 2.44. The predicted octanol–water partition coefficient (Wildman–Crippen LogP) is 4.58. The van der Waals surface area contributed by atoms with Crippen LogP contribution in [0.15, 0.2) is 42.6 Å². The van der Waals surface area contributed by atoms with Crippen LogP contribution in [0, 0.1) is 0 Å². The van der Waals surface area contributed by atoms with Gasteiger partial charge in [0.1, 0.15) is 11.5 Å². The molecule has 9 nitrogen and oxygen atoms in total. The molecule has 10 heteroatoms. The van der Waals surface area contributed by atoms with Gasteiger partial charge in [-0.25, -0.2) is 4.98 Å². The minimum Gasteiger partial charge on any atom is -0.493 e. The normalized spacial score (nSPS) is 21.3. The van der Waals surface area contributed by atoms with Crippen LogP contribution < -0.4 is 26.0 Å². The topological polar surface area (TPSA) is 105 Å². The molecule has 5 heterocycles. The number of anilines is 4. The predicted molar refractivity (Wildman–Crippen MR) is 137 cm³/mol. The van der Waals surface area contributed by atoms with Crippen LogP contribution in [0.4, 0.5) is 22.9 Å². The molecule has 0 aliphatic carbocycles. The number of benzene rings is 1. The third kappa shape index (κ3) is 3.76. The van der Waals surface area contributed by atoms with Gasteiger partial charge in [0.05, 0.1) is 35.2 Å². The second-order valence-corrected chi connectivity index (χ2v) is 9.32. The number of nitrogens with zero attached hydrogens (tertiary/aromatic N) is 3. The molecular formula is C25H26ClN7O2. The Morgan fingerprint density at radius 3 is 3.00 bits per heavy atom. The van der Waals surface area contributed by atoms with Crippen molar-refractivity contribution in [2.75, 3.05) is 36.1 Å². The van der Waals surface area contributed by atoms with Gasteiger partial charge in [0.15, 0.2) is 11.4 Å². The Kier molecular flexibility index (Phi) is 5.49. The number of pyridine rings is 1. The fourth-order valence-electron chi connectivity index (χ4n) is 4.99. The molecule has 0 saturated heterocycles. The largest absolute Gasteiger partial charge is 0.493 e. The van der Waals surface area contributed by atoms with Crippen LogP contribution in [0.5, 0.6) is 5.75 Å². The van der Waals surface area contributed by atoms with Crippen LogP contribution in [-0.4, -0.2) is 46.9 Å². The number of fused-ring (bicyclic) bond motifs is 3. The number of allylic oxidation sites excluding steroid dienone is 2. The van der Waals surface area contributed by atoms with E-state index in [-0.39, 0.29) is 18.0 Å². The van der Waals surface area contributed by atoms with E-state index >= 15 is 0 Å². The van der Waals surface area contributed by atoms with Gasteiger partial charge >= 0.3 is 0 Å². The fraction of sp³-hybridized carbons (Fsp3) is 0.320. The minimum absolute atomic E-state index is 0.00651. The molecule has 3 aliphatic rings. The molecule has 1 amide bonds. The zero-order valence-electron chi connectivity index (χ0n) is 19.3. The lowest BCUT2D eigenvalue weighted by Gasteiger charge is -2.29. The number of carbonyl (C=O) groups is 1. The van der Waals surface area contributed by atoms with E-state index in [1.807, 2.05) is 22.9 Å². The van der Waals surface area contributed by atoms with Crippen molar-refractivity contribution in [3.8, 4) is 17.0 Å². The maximum Gasteiger partial charge on any atom is 0.271 e. The molecule has 0 saturated carbocycles. The highest BCUT2D eigenvalue weighted by atomic mass is 35.5. The van der Waals surface area contributed by atoms with E-state index in [2.05, 4.69) is 38.4 Å². The quantitative estimate of drug-likeness (QED) is 0.397. The second-order valence-electron chi connectivity index (χ2n) is 8.92. The summed E-state index contributed by atoms with van der Waals surface area (Å²) < 4.78 is 7.42. The Morgan fingerprint density at radius 2 is 2.11 bits per heavy atom. The maximum atomic E-state index is 13.2. The lowest BCUT2D eigenvalue weighted by molar-refractivity contribution is 0.0911. The molecule has 6 rings (SSSR count). The van der Waals surface area contributed by atoms with Gasteiger partial charge in [-0.3, -0.25) is 9.48 Å². The standard InChI is InChI=1S/C25H26ClN7O2/c1-35-23-17(26)8-5-9-18(23)31-21-19-16-10-11-27-24-20(16)30-14(12-28-24)6-3-2-4-7-15-13-29-25(34)22(21)33(15)32-19/h2,4-5,8-11,14-15,30-31H,3,6-7,12-13H2,1H3,(H,27,28)(H,29,34)/b4-2-. The lowest BCUT2D eigenvalue weighted by Crippen LogP contribution is -2.39. The highest BCUT2D eigenvalue weighted by Gasteiger charge is 2.34. The Bertz CT molecular complexity index is 1340. The molecule has 0 spiro atoms. The molecule has 2 aromatic heterocycles. The van der Waals surface area contributed by atoms with Crippen molar-refractivity contribution in [3.05, 3.63) is 53.3 Å². The van der Waals surface area contributed by atoms with Crippen LogP contribution >= 0.6 is 11.6 Å². The molecule has 2 unspecified atom stereocenters. The monoisotopic (exact) mass is 491 g/mol. The summed E-state index contributed by atoms with van der Waals surface area (Å²) >= 11 is 6.40. The summed E-state index contributed by atoms with van der Waals surface area (Å²) in [5.41, 5.74) is 4.17. The summed E-state index contributed by atoms with van der Waals surface area (Å²) in [5.74, 6) is 1.11. The van der Waals surface area contributed by atoms with Gasteiger partial charge in [-0.1, -0.05) is 29.8 Å². The third-order valence-corrected chi connectivity index (χ3v) is 7.03. The van der Waals surface area contributed by atoms with Crippen LogP contribution in [0.3, 0.4) is 0 Å². The first kappa shape index (κ1) is 21.8. The molecule has 3 aliphatic heterocycles. The van der Waals surface area contributed by atoms with E-state index in [4.69, 9.17) is 21.4 Å². The Morgan fingerprint density at radius 1 is 1.20 bits per heavy atom. The SMILES string of the molecule is COc1c(Cl)cccc1Nc1c2nn3c1C(=O)NCC3C/C=C\CCC1CNc3nccc-2c3N1. The Labute approximate surface area is 207 Å². The zero-order chi connectivity index (χ0) is 23.9. The number of amides is 1. The summed E-state index contributed by atoms with van der Waals surface area (Å²) in [5, 5.41) is 19.1. The van der Waals surface area contributed by atoms with Crippen molar-refractivity contribution in [2.24, 2.45) is 0 Å². The maximum absolute atomic E-state index is 13.2. The van der Waals surface area contributed by atoms with Crippen LogP contribution in [0.25, 0.3) is 11.3 Å². The number of halogens is 1. The van der Waals surface area contributed by atoms with Gasteiger partial charge in [0.2, 0.25) is 0 Å². The molecular weight excluding hydrogens is 466 g/mol. The number of para-hydroxylation sites is 1. The van der Waals surface area contributed by atoms with E-state index < -0.39 is 0 Å². The van der Waals surface area contributed by atoms with Gasteiger partial charge < -0.3 is 26.0 Å². The molecule has 2 atom stereocenters. The average molecular weight is 492 g/mol. The van der Waals surface area contributed by atoms with E-state index in [0.717, 1.165) is 42.9 Å². The number of aromatic nitrogens is 3. The third-order valence-electron chi connectivity index (χ3n) is 6.73. The van der Waals surface area contributed by atoms with Crippen molar-refractivity contribution < 1.29 is 9.53 Å². The fourth-order valence-corrected chi connectivity index (χ4v) is 5.25. The number of nitrogens with one attached hydrogen (secondary N) is 4. The van der Waals surface area contributed by atoms with Crippen molar-refractivity contribution in [1.82, 2.24) is 20.1 Å². The molecule has 1 aromatic carbocycles. The molecule has 4 bridgehead atoms. The Balaban J connectivity index is 1.59. The first-order valence-electron chi connectivity index (χ1n) is 11.8. The van der Waals surface area contributed by atoms with Crippen LogP contribution in [0.2, 0.25) is 5.02 Å². The first-order valence-corrected chi connectivity index (χ1v) is 12.2. The van der Waals surface area contributed by atoms with E-state index in [1.165, 1.54) is 0 Å². The number of methoxy groups -OCH3 is 1. The number of carbonyl (C=O) groups excluding carboxylic acids is 1. The molecule has 0 fully saturated rings. The second kappa shape index (κ2) is 8.81. The van der Waals surface area contributed by atoms with Gasteiger partial charge in [0, 0.05) is 30.9 Å². The van der Waals surface area contributed by atoms with E-state index in [1.54, 1.807) is 19.4 Å². The van der Waals surface area contributed by atoms with E-state index in [0.29, 0.717) is 40.1 Å². The molecule has 35 heavy (non-hydrogen) atoms. The summed E-state index contributed by atoms with van der Waals surface area (Å²) in [6.45, 7) is 1.32. The molecule has 180 valence electrons. The highest BCUT2D eigenvalue weighted by molar-refractivity contribution is 6.32. The molecule has 0 radical (unpaired) electrons. The first-order chi connectivity index (χ1) is 17.1. The van der Waals surface area contributed by atoms with Gasteiger partial charge in [0.25, 0.3) is 5.91 Å². The van der Waals surface area contributed by atoms with Gasteiger partial charge in [-0.05, 0) is 37.5 Å². The number of hydrogen-bond acceptors (Lipinski definition) is 7.